The first-order valence-electron chi connectivity index (χ1n) is 17.3. The van der Waals surface area contributed by atoms with Crippen LogP contribution in [0.15, 0.2) is 36.4 Å². The van der Waals surface area contributed by atoms with Crippen LogP contribution >= 0.6 is 0 Å². The van der Waals surface area contributed by atoms with E-state index in [2.05, 4.69) is 10.6 Å². The van der Waals surface area contributed by atoms with Crippen LogP contribution in [0.1, 0.15) is 60.8 Å². The number of para-hydroxylation sites is 1. The molecule has 4 amide bonds. The Morgan fingerprint density at radius 2 is 1.72 bits per heavy atom. The molecule has 4 heterocycles. The van der Waals surface area contributed by atoms with Gasteiger partial charge in [-0.25, -0.2) is 14.4 Å². The summed E-state index contributed by atoms with van der Waals surface area (Å²) in [7, 11) is 0. The average molecular weight is 649 g/mol. The molecule has 4 aliphatic rings. The normalized spacial score (nSPS) is 25.0. The number of aryl methyl sites for hydroxylation is 2. The highest BCUT2D eigenvalue weighted by Crippen LogP contribution is 2.32. The average Bonchev–Trinajstić information content (AvgIpc) is 3.25. The minimum absolute atomic E-state index is 0.00249. The van der Waals surface area contributed by atoms with Crippen LogP contribution in [0.25, 0.3) is 0 Å². The summed E-state index contributed by atoms with van der Waals surface area (Å²) < 4.78 is 6.33. The summed E-state index contributed by atoms with van der Waals surface area (Å²) in [6, 6.07) is 11.5. The number of ether oxygens (including phenoxy) is 1. The largest absolute Gasteiger partial charge is 0.507 e. The second-order valence-electron chi connectivity index (χ2n) is 14.0. The molecule has 254 valence electrons. The number of hydrogen-bond donors (Lipinski definition) is 4. The van der Waals surface area contributed by atoms with Gasteiger partial charge in [0.2, 0.25) is 6.10 Å². The number of likely N-dealkylation sites (tertiary alicyclic amines) is 2. The fraction of sp³-hybridized carbons (Fsp3) is 0.583. The molecule has 0 aromatic heterocycles. The topological polar surface area (TPSA) is 131 Å². The SMILES string of the molecule is Cc1cc(C[C@@H](OC(=O)N2CCC(N3CCc4ccccc4NC3=O)CC2)C(=O)[N@+]2(C3CCNCC3)CCC[C@@H](O)C2)cc(C)c1O. The summed E-state index contributed by atoms with van der Waals surface area (Å²) in [5, 5.41) is 27.7. The monoisotopic (exact) mass is 648 g/mol. The van der Waals surface area contributed by atoms with Gasteiger partial charge in [0.1, 0.15) is 18.4 Å². The van der Waals surface area contributed by atoms with Gasteiger partial charge in [-0.1, -0.05) is 30.3 Å². The molecule has 3 atom stereocenters. The van der Waals surface area contributed by atoms with Gasteiger partial charge in [-0.3, -0.25) is 4.48 Å². The molecule has 0 unspecified atom stereocenters. The Balaban J connectivity index is 1.18. The van der Waals surface area contributed by atoms with E-state index in [9.17, 15) is 24.6 Å². The van der Waals surface area contributed by atoms with E-state index in [1.54, 1.807) is 4.90 Å². The number of amides is 4. The molecule has 11 nitrogen and oxygen atoms in total. The third-order valence-electron chi connectivity index (χ3n) is 10.9. The van der Waals surface area contributed by atoms with Gasteiger partial charge in [0.05, 0.1) is 12.6 Å². The van der Waals surface area contributed by atoms with E-state index >= 15 is 0 Å². The Hall–Kier alpha value is -3.67. The summed E-state index contributed by atoms with van der Waals surface area (Å²) in [5.74, 6) is 0.0684. The summed E-state index contributed by atoms with van der Waals surface area (Å²) in [6.07, 6.45) is 3.08. The third kappa shape index (κ3) is 7.12. The number of urea groups is 1. The molecule has 6 rings (SSSR count). The van der Waals surface area contributed by atoms with Gasteiger partial charge in [0.15, 0.2) is 0 Å². The lowest BCUT2D eigenvalue weighted by molar-refractivity contribution is -0.890. The number of benzene rings is 2. The maximum atomic E-state index is 14.8. The first-order chi connectivity index (χ1) is 22.6. The van der Waals surface area contributed by atoms with Gasteiger partial charge < -0.3 is 35.4 Å². The van der Waals surface area contributed by atoms with Crippen molar-refractivity contribution in [3.8, 4) is 5.75 Å². The Morgan fingerprint density at radius 3 is 2.43 bits per heavy atom. The minimum Gasteiger partial charge on any atom is -0.507 e. The maximum Gasteiger partial charge on any atom is 0.410 e. The molecule has 0 spiro atoms. The molecule has 3 fully saturated rings. The highest BCUT2D eigenvalue weighted by molar-refractivity contribution is 5.91. The van der Waals surface area contributed by atoms with Crippen molar-refractivity contribution in [2.75, 3.05) is 51.1 Å². The molecule has 0 saturated carbocycles. The Bertz CT molecular complexity index is 1450. The number of phenolic OH excluding ortho intramolecular Hbond substituents is 1. The van der Waals surface area contributed by atoms with Crippen molar-refractivity contribution in [3.05, 3.63) is 58.7 Å². The number of nitrogens with one attached hydrogen (secondary N) is 2. The van der Waals surface area contributed by atoms with Crippen LogP contribution in [-0.2, 0) is 22.4 Å². The van der Waals surface area contributed by atoms with Crippen molar-refractivity contribution >= 4 is 23.7 Å². The number of piperidine rings is 3. The van der Waals surface area contributed by atoms with E-state index in [4.69, 9.17) is 4.74 Å². The van der Waals surface area contributed by atoms with E-state index in [-0.39, 0.29) is 40.7 Å². The molecular weight excluding hydrogens is 598 g/mol. The summed E-state index contributed by atoms with van der Waals surface area (Å²) in [6.45, 7) is 7.68. The van der Waals surface area contributed by atoms with Gasteiger partial charge in [-0.2, -0.15) is 0 Å². The van der Waals surface area contributed by atoms with Gasteiger partial charge in [0, 0.05) is 63.7 Å². The van der Waals surface area contributed by atoms with Gasteiger partial charge in [-0.05, 0) is 74.3 Å². The molecule has 0 bridgehead atoms. The molecule has 2 aromatic rings. The first kappa shape index (κ1) is 33.2. The molecule has 4 N–H and O–H groups in total. The van der Waals surface area contributed by atoms with E-state index < -0.39 is 18.3 Å². The zero-order valence-electron chi connectivity index (χ0n) is 27.7. The number of fused-ring (bicyclic) bond motifs is 1. The quantitative estimate of drug-likeness (QED) is 0.350. The minimum atomic E-state index is -1.04. The van der Waals surface area contributed by atoms with Crippen LogP contribution in [0.4, 0.5) is 15.3 Å². The predicted molar refractivity (Wildman–Crippen MR) is 178 cm³/mol. The standard InChI is InChI=1S/C36H49N5O6/c1-24-20-26(21-25(2)33(24)43)22-32(34(44)41(19-5-7-30(42)23-41)29-9-14-37-15-10-29)47-36(46)39-16-12-28(13-17-39)40-18-11-27-6-3-4-8-31(27)38-35(40)45/h3-4,6,8,20-21,28-30,32,37,42H,5,7,9-19,22-23H2,1-2H3,(H-,38,43,45)/p+1/t30-,32-,41-/m1/s1. The van der Waals surface area contributed by atoms with Crippen molar-refractivity contribution in [1.82, 2.24) is 15.1 Å². The Labute approximate surface area is 277 Å². The molecule has 4 aliphatic heterocycles. The lowest BCUT2D eigenvalue weighted by Crippen LogP contribution is -2.69. The molecule has 2 aromatic carbocycles. The van der Waals surface area contributed by atoms with Crippen molar-refractivity contribution < 1.29 is 33.8 Å². The number of carbonyl (C=O) groups is 3. The molecule has 47 heavy (non-hydrogen) atoms. The Morgan fingerprint density at radius 1 is 1.02 bits per heavy atom. The van der Waals surface area contributed by atoms with E-state index in [0.29, 0.717) is 63.1 Å². The van der Waals surface area contributed by atoms with Crippen LogP contribution in [0.5, 0.6) is 5.75 Å². The number of rotatable bonds is 6. The van der Waals surface area contributed by atoms with Crippen LogP contribution in [0.3, 0.4) is 0 Å². The highest BCUT2D eigenvalue weighted by atomic mass is 16.6. The number of hydrogen-bond acceptors (Lipinski definition) is 7. The highest BCUT2D eigenvalue weighted by Gasteiger charge is 2.51. The van der Waals surface area contributed by atoms with Crippen molar-refractivity contribution in [2.45, 2.75) is 89.5 Å². The lowest BCUT2D eigenvalue weighted by Gasteiger charge is -2.48. The number of carbonyl (C=O) groups excluding carboxylic acids is 3. The predicted octanol–water partition coefficient (Wildman–Crippen LogP) is 3.86. The molecule has 0 aliphatic carbocycles. The number of nitrogens with zero attached hydrogens (tertiary/aromatic N) is 3. The van der Waals surface area contributed by atoms with Gasteiger partial charge >= 0.3 is 18.0 Å². The van der Waals surface area contributed by atoms with Gasteiger partial charge in [0.25, 0.3) is 0 Å². The van der Waals surface area contributed by atoms with E-state index in [1.165, 1.54) is 0 Å². The van der Waals surface area contributed by atoms with E-state index in [0.717, 1.165) is 55.6 Å². The zero-order chi connectivity index (χ0) is 33.1. The van der Waals surface area contributed by atoms with Crippen molar-refractivity contribution in [2.24, 2.45) is 0 Å². The van der Waals surface area contributed by atoms with Crippen molar-refractivity contribution in [3.63, 3.8) is 0 Å². The number of aliphatic hydroxyl groups is 1. The summed E-state index contributed by atoms with van der Waals surface area (Å²) in [4.78, 5) is 45.3. The molecular formula is C36H50N5O6+. The molecule has 0 radical (unpaired) electrons. The molecule has 11 heteroatoms. The lowest BCUT2D eigenvalue weighted by atomic mass is 9.92. The van der Waals surface area contributed by atoms with E-state index in [1.807, 2.05) is 55.1 Å². The Kier molecular flexibility index (Phi) is 10.1. The second-order valence-corrected chi connectivity index (χ2v) is 14.0. The number of aliphatic hydroxyl groups excluding tert-OH is 1. The number of phenols is 1. The summed E-state index contributed by atoms with van der Waals surface area (Å²) in [5.41, 5.74) is 4.19. The number of anilines is 1. The molecule has 3 saturated heterocycles. The third-order valence-corrected chi connectivity index (χ3v) is 10.9. The van der Waals surface area contributed by atoms with Crippen LogP contribution in [0, 0.1) is 13.8 Å². The fourth-order valence-corrected chi connectivity index (χ4v) is 8.32. The zero-order valence-corrected chi connectivity index (χ0v) is 27.7. The second kappa shape index (κ2) is 14.2. The first-order valence-corrected chi connectivity index (χ1v) is 17.3. The maximum absolute atomic E-state index is 14.8. The van der Waals surface area contributed by atoms with Gasteiger partial charge in [-0.15, -0.1) is 0 Å². The number of aromatic hydroxyl groups is 1. The summed E-state index contributed by atoms with van der Waals surface area (Å²) >= 11 is 0. The van der Waals surface area contributed by atoms with Crippen LogP contribution in [-0.4, -0.2) is 113 Å². The fourth-order valence-electron chi connectivity index (χ4n) is 8.32. The van der Waals surface area contributed by atoms with Crippen LogP contribution in [0.2, 0.25) is 0 Å². The number of quaternary nitrogens is 1. The smallest absolute Gasteiger partial charge is 0.410 e. The van der Waals surface area contributed by atoms with Crippen LogP contribution < -0.4 is 10.6 Å². The van der Waals surface area contributed by atoms with Crippen molar-refractivity contribution in [1.29, 1.82) is 0 Å².